The van der Waals surface area contributed by atoms with Crippen LogP contribution in [0.2, 0.25) is 0 Å². The van der Waals surface area contributed by atoms with E-state index in [1.54, 1.807) is 0 Å². The number of H-pyrrole nitrogens is 4. The van der Waals surface area contributed by atoms with Gasteiger partial charge in [0.2, 0.25) is 0 Å². The Morgan fingerprint density at radius 1 is 0.324 bits per heavy atom. The maximum absolute atomic E-state index is 5.21. The van der Waals surface area contributed by atoms with Crippen molar-refractivity contribution < 1.29 is 0 Å². The van der Waals surface area contributed by atoms with Gasteiger partial charge in [-0.25, -0.2) is 0 Å². The summed E-state index contributed by atoms with van der Waals surface area (Å²) < 4.78 is 0. The Hall–Kier alpha value is -6.28. The van der Waals surface area contributed by atoms with Crippen molar-refractivity contribution in [2.75, 3.05) is 0 Å². The Morgan fingerprint density at radius 2 is 0.529 bits per heavy atom. The molecular formula is C60H72N8. The van der Waals surface area contributed by atoms with Crippen molar-refractivity contribution in [3.8, 4) is 0 Å². The van der Waals surface area contributed by atoms with Crippen molar-refractivity contribution in [3.05, 3.63) is 157 Å². The summed E-state index contributed by atoms with van der Waals surface area (Å²) in [6, 6.07) is 0. The molecule has 8 heteroatoms. The van der Waals surface area contributed by atoms with Crippen molar-refractivity contribution >= 4 is 47.2 Å². The fourth-order valence-corrected chi connectivity index (χ4v) is 11.9. The smallest absolute Gasteiger partial charge is 0.0686 e. The molecule has 16 bridgehead atoms. The number of hydrogen-bond acceptors (Lipinski definition) is 4. The molecule has 0 aliphatic carbocycles. The van der Waals surface area contributed by atoms with E-state index in [1.165, 1.54) is 112 Å². The molecule has 4 aromatic heterocycles. The van der Waals surface area contributed by atoms with Crippen LogP contribution in [-0.4, -0.2) is 42.8 Å². The number of hydrogen-bond donors (Lipinski definition) is 4. The molecule has 5 aliphatic heterocycles. The van der Waals surface area contributed by atoms with Crippen LogP contribution < -0.4 is 0 Å². The van der Waals surface area contributed by atoms with Gasteiger partial charge < -0.3 is 19.9 Å². The minimum Gasteiger partial charge on any atom is -0.358 e. The summed E-state index contributed by atoms with van der Waals surface area (Å²) in [6.45, 7) is 35.8. The van der Waals surface area contributed by atoms with Gasteiger partial charge in [0.25, 0.3) is 0 Å². The van der Waals surface area contributed by atoms with Gasteiger partial charge in [-0.15, -0.1) is 0 Å². The molecule has 0 aromatic carbocycles. The van der Waals surface area contributed by atoms with Crippen LogP contribution in [0.25, 0.3) is 24.3 Å². The molecule has 0 saturated heterocycles. The molecule has 0 amide bonds. The highest BCUT2D eigenvalue weighted by Crippen LogP contribution is 2.40. The summed E-state index contributed by atoms with van der Waals surface area (Å²) in [4.78, 5) is 36.5. The molecule has 0 radical (unpaired) electrons. The number of aliphatic imine (C=N–C) groups is 4. The molecule has 0 fully saturated rings. The first-order valence-corrected chi connectivity index (χ1v) is 25.2. The molecule has 0 atom stereocenters. The summed E-state index contributed by atoms with van der Waals surface area (Å²) in [5.74, 6) is 0. The molecule has 0 unspecified atom stereocenters. The lowest BCUT2D eigenvalue weighted by molar-refractivity contribution is 0.965. The van der Waals surface area contributed by atoms with Gasteiger partial charge in [0, 0.05) is 94.1 Å². The molecule has 0 spiro atoms. The number of rotatable bonds is 4. The third kappa shape index (κ3) is 7.87. The second kappa shape index (κ2) is 18.0. The molecular weight excluding hydrogens is 833 g/mol. The van der Waals surface area contributed by atoms with E-state index in [4.69, 9.17) is 20.0 Å². The third-order valence-electron chi connectivity index (χ3n) is 16.2. The Labute approximate surface area is 405 Å². The van der Waals surface area contributed by atoms with Gasteiger partial charge in [-0.05, 0) is 222 Å². The Morgan fingerprint density at radius 3 is 0.721 bits per heavy atom. The average Bonchev–Trinajstić information content (AvgIpc) is 4.16. The average molecular weight is 905 g/mol. The first-order chi connectivity index (χ1) is 32.5. The summed E-state index contributed by atoms with van der Waals surface area (Å²) >= 11 is 0. The molecule has 352 valence electrons. The Kier molecular flexibility index (Phi) is 12.4. The molecule has 4 N–H and O–H groups in total. The minimum absolute atomic E-state index is 0.805. The van der Waals surface area contributed by atoms with Crippen molar-refractivity contribution in [2.45, 2.75) is 162 Å². The Balaban J connectivity index is 1.18. The lowest BCUT2D eigenvalue weighted by Gasteiger charge is -2.08. The number of aromatic amines is 4. The van der Waals surface area contributed by atoms with Crippen molar-refractivity contribution in [1.82, 2.24) is 19.9 Å². The summed E-state index contributed by atoms with van der Waals surface area (Å²) in [5, 5.41) is 0. The van der Waals surface area contributed by atoms with Crippen LogP contribution in [0.1, 0.15) is 186 Å². The van der Waals surface area contributed by atoms with Gasteiger partial charge in [0.05, 0.1) is 22.8 Å². The Bertz CT molecular complexity index is 2820. The molecule has 5 aliphatic rings. The van der Waals surface area contributed by atoms with Crippen LogP contribution in [0.5, 0.6) is 0 Å². The maximum atomic E-state index is 5.21. The molecule has 0 saturated carbocycles. The lowest BCUT2D eigenvalue weighted by Crippen LogP contribution is -2.02. The third-order valence-corrected chi connectivity index (χ3v) is 16.2. The number of allylic oxidation sites excluding steroid dienone is 8. The van der Waals surface area contributed by atoms with Crippen molar-refractivity contribution in [2.24, 2.45) is 20.0 Å². The van der Waals surface area contributed by atoms with Gasteiger partial charge in [-0.1, -0.05) is 27.7 Å². The highest BCUT2D eigenvalue weighted by atomic mass is 14.9. The van der Waals surface area contributed by atoms with Gasteiger partial charge in [-0.3, -0.25) is 20.0 Å². The summed E-state index contributed by atoms with van der Waals surface area (Å²) in [7, 11) is 0. The fraction of sp³-hybridized carbons (Fsp3) is 0.400. The number of aromatic nitrogens is 4. The highest BCUT2D eigenvalue weighted by Gasteiger charge is 2.28. The zero-order chi connectivity index (χ0) is 48.6. The lowest BCUT2D eigenvalue weighted by atomic mass is 9.93. The molecule has 68 heavy (non-hydrogen) atoms. The minimum atomic E-state index is 0.805. The predicted octanol–water partition coefficient (Wildman–Crippen LogP) is 14.7. The predicted molar refractivity (Wildman–Crippen MR) is 290 cm³/mol. The van der Waals surface area contributed by atoms with E-state index in [2.05, 4.69) is 155 Å². The van der Waals surface area contributed by atoms with Crippen LogP contribution in [-0.2, 0) is 38.5 Å². The van der Waals surface area contributed by atoms with Gasteiger partial charge >= 0.3 is 0 Å². The van der Waals surface area contributed by atoms with Gasteiger partial charge in [0.1, 0.15) is 0 Å². The normalized spacial score (nSPS) is 20.9. The van der Waals surface area contributed by atoms with E-state index in [1.807, 2.05) is 0 Å². The van der Waals surface area contributed by atoms with Crippen molar-refractivity contribution in [3.63, 3.8) is 0 Å². The molecule has 9 rings (SSSR count). The van der Waals surface area contributed by atoms with E-state index in [0.717, 1.165) is 120 Å². The maximum Gasteiger partial charge on any atom is 0.0686 e. The van der Waals surface area contributed by atoms with Gasteiger partial charge in [0.15, 0.2) is 0 Å². The van der Waals surface area contributed by atoms with Crippen LogP contribution in [0.15, 0.2) is 87.3 Å². The standard InChI is InChI=1S/C60H72N8/c1-17-41-29(5)53-23-49-33(9)45(37(13)61-49)21-46-35(11)51(63-38(46)14)25-55-31(7)43(19-3)59(67-55)28-60-44(20-4)32(8)56(68-60)26-52-36(12)48(40(16)64-52)22-47-34(10)50(62-39(47)15)24-54-30(6)42(18-2)58(66-54)27-57(41)65-53/h23-26,65-68H,17-22,27-28H2,1-16H3/b49-23-,50-24+,51-25-,52-26+. The zero-order valence-corrected chi connectivity index (χ0v) is 43.8. The quantitative estimate of drug-likeness (QED) is 0.156. The van der Waals surface area contributed by atoms with E-state index in [-0.39, 0.29) is 0 Å². The zero-order valence-electron chi connectivity index (χ0n) is 43.8. The highest BCUT2D eigenvalue weighted by molar-refractivity contribution is 6.10. The van der Waals surface area contributed by atoms with Crippen LogP contribution in [0, 0.1) is 27.7 Å². The second-order valence-electron chi connectivity index (χ2n) is 19.9. The van der Waals surface area contributed by atoms with Crippen LogP contribution >= 0.6 is 0 Å². The summed E-state index contributed by atoms with van der Waals surface area (Å²) in [5.41, 5.74) is 38.9. The first kappa shape index (κ1) is 46.8. The molecule has 8 nitrogen and oxygen atoms in total. The molecule has 9 heterocycles. The van der Waals surface area contributed by atoms with E-state index in [9.17, 15) is 0 Å². The van der Waals surface area contributed by atoms with E-state index >= 15 is 0 Å². The summed E-state index contributed by atoms with van der Waals surface area (Å²) in [6.07, 6.45) is 16.2. The van der Waals surface area contributed by atoms with E-state index < -0.39 is 0 Å². The second-order valence-corrected chi connectivity index (χ2v) is 19.9. The van der Waals surface area contributed by atoms with E-state index in [0.29, 0.717) is 0 Å². The first-order valence-electron chi connectivity index (χ1n) is 25.2. The monoisotopic (exact) mass is 905 g/mol. The number of nitrogens with one attached hydrogen (secondary N) is 4. The topological polar surface area (TPSA) is 113 Å². The van der Waals surface area contributed by atoms with Crippen molar-refractivity contribution in [1.29, 1.82) is 0 Å². The fourth-order valence-electron chi connectivity index (χ4n) is 11.9. The largest absolute Gasteiger partial charge is 0.358 e. The SMILES string of the molecule is CCc1c2[nH]c(c1C)/C=C1\N=C(C)C(=C1C)CC1=C(C)/C(=C/c3[nH]c(c(CC)c3C)Cc3[nH]c(c(C)c3CC)/C=C3/N=C(C)C(=C3C)CC3=C(C)/C(=C\c4[nH]c(c(CC)c4C)C2)N=C3C)N=C1C. The number of nitrogens with zero attached hydrogens (tertiary/aromatic N) is 4. The van der Waals surface area contributed by atoms with Crippen LogP contribution in [0.3, 0.4) is 0 Å². The molecule has 4 aromatic rings. The number of fused-ring (bicyclic) bond motifs is 12. The van der Waals surface area contributed by atoms with Crippen LogP contribution in [0.4, 0.5) is 0 Å². The van der Waals surface area contributed by atoms with Gasteiger partial charge in [-0.2, -0.15) is 0 Å².